The highest BCUT2D eigenvalue weighted by Crippen LogP contribution is 2.29. The highest BCUT2D eigenvalue weighted by atomic mass is 35.5. The van der Waals surface area contributed by atoms with Gasteiger partial charge in [0.05, 0.1) is 19.9 Å². The standard InChI is InChI=1S/C17H15Cl2NO3/c1-22-11-6-8-15(16(10-11)23-2)20-17(21)9-7-12-13(18)4-3-5-14(12)19/h3-10H,1-2H3,(H,20,21)/b9-7+. The van der Waals surface area contributed by atoms with Crippen molar-refractivity contribution in [1.29, 1.82) is 0 Å². The van der Waals surface area contributed by atoms with Crippen LogP contribution in [0.5, 0.6) is 11.5 Å². The smallest absolute Gasteiger partial charge is 0.248 e. The molecule has 2 aromatic carbocycles. The Kier molecular flexibility index (Phi) is 5.90. The van der Waals surface area contributed by atoms with Gasteiger partial charge in [-0.05, 0) is 30.3 Å². The lowest BCUT2D eigenvalue weighted by molar-refractivity contribution is -0.111. The summed E-state index contributed by atoms with van der Waals surface area (Å²) in [5, 5.41) is 3.68. The highest BCUT2D eigenvalue weighted by molar-refractivity contribution is 6.37. The number of hydrogen-bond donors (Lipinski definition) is 1. The molecule has 0 bridgehead atoms. The van der Waals surface area contributed by atoms with E-state index < -0.39 is 0 Å². The average Bonchev–Trinajstić information content (AvgIpc) is 2.54. The average molecular weight is 352 g/mol. The normalized spacial score (nSPS) is 10.6. The first-order chi connectivity index (χ1) is 11.0. The van der Waals surface area contributed by atoms with Crippen molar-refractivity contribution in [2.45, 2.75) is 0 Å². The Morgan fingerprint density at radius 3 is 2.39 bits per heavy atom. The van der Waals surface area contributed by atoms with Crippen molar-refractivity contribution in [3.8, 4) is 11.5 Å². The summed E-state index contributed by atoms with van der Waals surface area (Å²) in [7, 11) is 3.08. The molecular formula is C17H15Cl2NO3. The van der Waals surface area contributed by atoms with E-state index in [2.05, 4.69) is 5.32 Å². The lowest BCUT2D eigenvalue weighted by atomic mass is 10.2. The largest absolute Gasteiger partial charge is 0.497 e. The molecule has 0 atom stereocenters. The monoisotopic (exact) mass is 351 g/mol. The van der Waals surface area contributed by atoms with E-state index in [4.69, 9.17) is 32.7 Å². The minimum atomic E-state index is -0.329. The minimum Gasteiger partial charge on any atom is -0.497 e. The molecule has 0 radical (unpaired) electrons. The van der Waals surface area contributed by atoms with Gasteiger partial charge in [-0.2, -0.15) is 0 Å². The van der Waals surface area contributed by atoms with E-state index in [0.29, 0.717) is 32.8 Å². The first-order valence-corrected chi connectivity index (χ1v) is 7.46. The van der Waals surface area contributed by atoms with Gasteiger partial charge < -0.3 is 14.8 Å². The van der Waals surface area contributed by atoms with Crippen LogP contribution in [0.1, 0.15) is 5.56 Å². The Labute approximate surface area is 144 Å². The number of rotatable bonds is 5. The molecule has 0 unspecified atom stereocenters. The van der Waals surface area contributed by atoms with Crippen molar-refractivity contribution < 1.29 is 14.3 Å². The lowest BCUT2D eigenvalue weighted by Gasteiger charge is -2.10. The Bertz CT molecular complexity index is 724. The van der Waals surface area contributed by atoms with Gasteiger partial charge in [0.15, 0.2) is 0 Å². The van der Waals surface area contributed by atoms with Gasteiger partial charge in [0.1, 0.15) is 11.5 Å². The predicted molar refractivity (Wildman–Crippen MR) is 93.7 cm³/mol. The Morgan fingerprint density at radius 2 is 1.78 bits per heavy atom. The highest BCUT2D eigenvalue weighted by Gasteiger charge is 2.08. The lowest BCUT2D eigenvalue weighted by Crippen LogP contribution is -2.09. The Morgan fingerprint density at radius 1 is 1.09 bits per heavy atom. The summed E-state index contributed by atoms with van der Waals surface area (Å²) in [6, 6.07) is 10.3. The van der Waals surface area contributed by atoms with Crippen LogP contribution >= 0.6 is 23.2 Å². The third-order valence-electron chi connectivity index (χ3n) is 3.07. The molecule has 6 heteroatoms. The minimum absolute atomic E-state index is 0.329. The van der Waals surface area contributed by atoms with E-state index in [-0.39, 0.29) is 5.91 Å². The second-order valence-electron chi connectivity index (χ2n) is 4.52. The van der Waals surface area contributed by atoms with Crippen molar-refractivity contribution in [2.24, 2.45) is 0 Å². The van der Waals surface area contributed by atoms with Crippen molar-refractivity contribution >= 4 is 40.9 Å². The molecule has 1 amide bonds. The van der Waals surface area contributed by atoms with Crippen LogP contribution in [0, 0.1) is 0 Å². The second-order valence-corrected chi connectivity index (χ2v) is 5.34. The van der Waals surface area contributed by atoms with Crippen LogP contribution in [0.15, 0.2) is 42.5 Å². The van der Waals surface area contributed by atoms with Gasteiger partial charge in [0.25, 0.3) is 0 Å². The molecule has 0 aromatic heterocycles. The molecule has 0 spiro atoms. The molecule has 2 aromatic rings. The van der Waals surface area contributed by atoms with Crippen molar-refractivity contribution in [3.05, 3.63) is 58.1 Å². The molecule has 120 valence electrons. The number of halogens is 2. The molecule has 1 N–H and O–H groups in total. The van der Waals surface area contributed by atoms with Gasteiger partial charge in [0.2, 0.25) is 5.91 Å². The molecule has 0 saturated heterocycles. The summed E-state index contributed by atoms with van der Waals surface area (Å²) in [4.78, 5) is 12.1. The number of nitrogens with one attached hydrogen (secondary N) is 1. The second kappa shape index (κ2) is 7.90. The molecular weight excluding hydrogens is 337 g/mol. The van der Waals surface area contributed by atoms with Gasteiger partial charge >= 0.3 is 0 Å². The molecule has 0 aliphatic rings. The maximum absolute atomic E-state index is 12.1. The molecule has 2 rings (SSSR count). The molecule has 4 nitrogen and oxygen atoms in total. The number of benzene rings is 2. The van der Waals surface area contributed by atoms with Gasteiger partial charge in [-0.25, -0.2) is 0 Å². The molecule has 0 aliphatic heterocycles. The summed E-state index contributed by atoms with van der Waals surface area (Å²) in [5.74, 6) is 0.810. The fraction of sp³-hybridized carbons (Fsp3) is 0.118. The van der Waals surface area contributed by atoms with E-state index in [1.54, 1.807) is 49.6 Å². The van der Waals surface area contributed by atoms with E-state index >= 15 is 0 Å². The van der Waals surface area contributed by atoms with Crippen LogP contribution < -0.4 is 14.8 Å². The topological polar surface area (TPSA) is 47.6 Å². The third kappa shape index (κ3) is 4.41. The number of carbonyl (C=O) groups excluding carboxylic acids is 1. The number of ether oxygens (including phenoxy) is 2. The van der Waals surface area contributed by atoms with E-state index in [1.165, 1.54) is 13.2 Å². The predicted octanol–water partition coefficient (Wildman–Crippen LogP) is 4.66. The van der Waals surface area contributed by atoms with Gasteiger partial charge in [-0.15, -0.1) is 0 Å². The van der Waals surface area contributed by atoms with E-state index in [9.17, 15) is 4.79 Å². The van der Waals surface area contributed by atoms with Crippen LogP contribution in [0.25, 0.3) is 6.08 Å². The zero-order valence-electron chi connectivity index (χ0n) is 12.6. The Balaban J connectivity index is 2.15. The quantitative estimate of drug-likeness (QED) is 0.796. The number of hydrogen-bond acceptors (Lipinski definition) is 3. The number of anilines is 1. The summed E-state index contributed by atoms with van der Waals surface area (Å²) < 4.78 is 10.3. The van der Waals surface area contributed by atoms with Crippen molar-refractivity contribution in [3.63, 3.8) is 0 Å². The summed E-state index contributed by atoms with van der Waals surface area (Å²) in [5.41, 5.74) is 1.13. The van der Waals surface area contributed by atoms with Crippen LogP contribution in [0.3, 0.4) is 0 Å². The van der Waals surface area contributed by atoms with Crippen LogP contribution in [-0.2, 0) is 4.79 Å². The summed E-state index contributed by atoms with van der Waals surface area (Å²) in [6.45, 7) is 0. The zero-order chi connectivity index (χ0) is 16.8. The molecule has 0 fully saturated rings. The summed E-state index contributed by atoms with van der Waals surface area (Å²) in [6.07, 6.45) is 2.92. The maximum Gasteiger partial charge on any atom is 0.248 e. The number of amides is 1. The zero-order valence-corrected chi connectivity index (χ0v) is 14.1. The van der Waals surface area contributed by atoms with Gasteiger partial charge in [-0.1, -0.05) is 29.3 Å². The van der Waals surface area contributed by atoms with Crippen LogP contribution in [-0.4, -0.2) is 20.1 Å². The van der Waals surface area contributed by atoms with Crippen LogP contribution in [0.4, 0.5) is 5.69 Å². The van der Waals surface area contributed by atoms with Gasteiger partial charge in [0, 0.05) is 27.8 Å². The van der Waals surface area contributed by atoms with Gasteiger partial charge in [-0.3, -0.25) is 4.79 Å². The fourth-order valence-corrected chi connectivity index (χ4v) is 2.43. The number of methoxy groups -OCH3 is 2. The molecule has 0 aliphatic carbocycles. The molecule has 23 heavy (non-hydrogen) atoms. The third-order valence-corrected chi connectivity index (χ3v) is 3.73. The number of carbonyl (C=O) groups is 1. The van der Waals surface area contributed by atoms with E-state index in [0.717, 1.165) is 0 Å². The summed E-state index contributed by atoms with van der Waals surface area (Å²) >= 11 is 12.1. The first-order valence-electron chi connectivity index (χ1n) is 6.70. The SMILES string of the molecule is COc1ccc(NC(=O)/C=C/c2c(Cl)cccc2Cl)c(OC)c1. The fourth-order valence-electron chi connectivity index (χ4n) is 1.91. The van der Waals surface area contributed by atoms with Crippen LogP contribution in [0.2, 0.25) is 10.0 Å². The molecule has 0 heterocycles. The van der Waals surface area contributed by atoms with Crippen molar-refractivity contribution in [2.75, 3.05) is 19.5 Å². The first kappa shape index (κ1) is 17.2. The van der Waals surface area contributed by atoms with E-state index in [1.807, 2.05) is 0 Å². The Hall–Kier alpha value is -2.17. The molecule has 0 saturated carbocycles. The van der Waals surface area contributed by atoms with Crippen molar-refractivity contribution in [1.82, 2.24) is 0 Å². The maximum atomic E-state index is 12.1.